The van der Waals surface area contributed by atoms with Crippen molar-refractivity contribution in [2.45, 2.75) is 32.8 Å². The molecular formula is C18H21BrO5. The number of cyclic esters (lactones) is 1. The van der Waals surface area contributed by atoms with E-state index in [0.29, 0.717) is 12.0 Å². The molecule has 1 heterocycles. The summed E-state index contributed by atoms with van der Waals surface area (Å²) in [5.74, 6) is -3.54. The molecule has 0 aliphatic carbocycles. The summed E-state index contributed by atoms with van der Waals surface area (Å²) in [6, 6.07) is 7.04. The quantitative estimate of drug-likeness (QED) is 0.433. The number of rotatable bonds is 5. The first-order valence-electron chi connectivity index (χ1n) is 7.83. The standard InChI is InChI=1S/C18H21BrO5/c1-5-12(15(20)10-6-8-11(19)9-7-10)14-13(16(21)23-4)17(22)24-18(14,2)3/h6-9,12-14H,5H2,1-4H3/t12-,13+,14+/m0/s1. The Labute approximate surface area is 149 Å². The van der Waals surface area contributed by atoms with E-state index in [9.17, 15) is 14.4 Å². The molecule has 0 N–H and O–H groups in total. The van der Waals surface area contributed by atoms with Crippen LogP contribution in [0, 0.1) is 17.8 Å². The molecule has 0 saturated carbocycles. The Bertz CT molecular complexity index is 650. The van der Waals surface area contributed by atoms with E-state index in [0.717, 1.165) is 4.47 Å². The van der Waals surface area contributed by atoms with Gasteiger partial charge in [0.25, 0.3) is 0 Å². The van der Waals surface area contributed by atoms with Crippen LogP contribution in [0.4, 0.5) is 0 Å². The lowest BCUT2D eigenvalue weighted by Crippen LogP contribution is -2.42. The number of Topliss-reactive ketones (excluding diaryl/α,β-unsaturated/α-hetero) is 1. The second-order valence-corrected chi connectivity index (χ2v) is 7.35. The Morgan fingerprint density at radius 2 is 1.88 bits per heavy atom. The van der Waals surface area contributed by atoms with Crippen LogP contribution in [0.1, 0.15) is 37.6 Å². The highest BCUT2D eigenvalue weighted by atomic mass is 79.9. The Morgan fingerprint density at radius 3 is 2.38 bits per heavy atom. The van der Waals surface area contributed by atoms with Crippen LogP contribution in [-0.4, -0.2) is 30.4 Å². The Balaban J connectivity index is 2.42. The van der Waals surface area contributed by atoms with Crippen molar-refractivity contribution in [1.29, 1.82) is 0 Å². The fraction of sp³-hybridized carbons (Fsp3) is 0.500. The van der Waals surface area contributed by atoms with E-state index in [4.69, 9.17) is 9.47 Å². The predicted octanol–water partition coefficient (Wildman–Crippen LogP) is 3.40. The summed E-state index contributed by atoms with van der Waals surface area (Å²) in [6.45, 7) is 5.33. The maximum Gasteiger partial charge on any atom is 0.321 e. The number of ketones is 1. The number of benzene rings is 1. The lowest BCUT2D eigenvalue weighted by atomic mass is 9.70. The molecule has 2 rings (SSSR count). The van der Waals surface area contributed by atoms with Crippen molar-refractivity contribution in [1.82, 2.24) is 0 Å². The van der Waals surface area contributed by atoms with Crippen molar-refractivity contribution in [3.8, 4) is 0 Å². The molecule has 6 heteroatoms. The number of carbonyl (C=O) groups is 3. The number of halogens is 1. The Hall–Kier alpha value is -1.69. The van der Waals surface area contributed by atoms with E-state index in [1.807, 2.05) is 6.92 Å². The second kappa shape index (κ2) is 7.05. The summed E-state index contributed by atoms with van der Waals surface area (Å²) in [7, 11) is 1.23. The fourth-order valence-electron chi connectivity index (χ4n) is 3.46. The normalized spacial score (nSPS) is 23.5. The summed E-state index contributed by atoms with van der Waals surface area (Å²) >= 11 is 3.34. The van der Waals surface area contributed by atoms with E-state index in [1.54, 1.807) is 38.1 Å². The van der Waals surface area contributed by atoms with Crippen LogP contribution in [0.3, 0.4) is 0 Å². The molecule has 0 radical (unpaired) electrons. The number of esters is 2. The highest BCUT2D eigenvalue weighted by molar-refractivity contribution is 9.10. The number of methoxy groups -OCH3 is 1. The van der Waals surface area contributed by atoms with Crippen LogP contribution < -0.4 is 0 Å². The molecule has 5 nitrogen and oxygen atoms in total. The summed E-state index contributed by atoms with van der Waals surface area (Å²) < 4.78 is 11.0. The average Bonchev–Trinajstić information content (AvgIpc) is 2.77. The van der Waals surface area contributed by atoms with Gasteiger partial charge in [-0.2, -0.15) is 0 Å². The highest BCUT2D eigenvalue weighted by Crippen LogP contribution is 2.44. The minimum Gasteiger partial charge on any atom is -0.468 e. The minimum atomic E-state index is -1.07. The summed E-state index contributed by atoms with van der Waals surface area (Å²) in [4.78, 5) is 37.3. The molecule has 1 saturated heterocycles. The van der Waals surface area contributed by atoms with Crippen LogP contribution in [0.25, 0.3) is 0 Å². The van der Waals surface area contributed by atoms with Gasteiger partial charge in [0.1, 0.15) is 5.60 Å². The number of hydrogen-bond acceptors (Lipinski definition) is 5. The van der Waals surface area contributed by atoms with Crippen LogP contribution >= 0.6 is 15.9 Å². The van der Waals surface area contributed by atoms with Gasteiger partial charge in [-0.15, -0.1) is 0 Å². The van der Waals surface area contributed by atoms with Crippen LogP contribution in [0.2, 0.25) is 0 Å². The monoisotopic (exact) mass is 396 g/mol. The van der Waals surface area contributed by atoms with Gasteiger partial charge in [0.15, 0.2) is 11.7 Å². The Morgan fingerprint density at radius 1 is 1.29 bits per heavy atom. The van der Waals surface area contributed by atoms with Gasteiger partial charge in [0.2, 0.25) is 0 Å². The molecule has 1 aromatic rings. The molecule has 24 heavy (non-hydrogen) atoms. The van der Waals surface area contributed by atoms with Crippen molar-refractivity contribution in [3.05, 3.63) is 34.3 Å². The van der Waals surface area contributed by atoms with Crippen molar-refractivity contribution < 1.29 is 23.9 Å². The zero-order valence-electron chi connectivity index (χ0n) is 14.2. The molecule has 1 aliphatic rings. The second-order valence-electron chi connectivity index (χ2n) is 6.44. The molecule has 0 spiro atoms. The van der Waals surface area contributed by atoms with Gasteiger partial charge in [-0.05, 0) is 32.4 Å². The molecule has 1 fully saturated rings. The van der Waals surface area contributed by atoms with Gasteiger partial charge >= 0.3 is 11.9 Å². The van der Waals surface area contributed by atoms with E-state index in [1.165, 1.54) is 7.11 Å². The van der Waals surface area contributed by atoms with Gasteiger partial charge in [0, 0.05) is 21.9 Å². The minimum absolute atomic E-state index is 0.102. The molecule has 0 aromatic heterocycles. The van der Waals surface area contributed by atoms with Gasteiger partial charge in [0.05, 0.1) is 7.11 Å². The molecule has 0 unspecified atom stereocenters. The highest BCUT2D eigenvalue weighted by Gasteiger charge is 2.57. The van der Waals surface area contributed by atoms with Gasteiger partial charge in [-0.1, -0.05) is 35.0 Å². The van der Waals surface area contributed by atoms with Crippen molar-refractivity contribution >= 4 is 33.7 Å². The topological polar surface area (TPSA) is 69.7 Å². The van der Waals surface area contributed by atoms with Crippen LogP contribution in [0.5, 0.6) is 0 Å². The first kappa shape index (κ1) is 18.6. The van der Waals surface area contributed by atoms with E-state index in [-0.39, 0.29) is 5.78 Å². The summed E-state index contributed by atoms with van der Waals surface area (Å²) in [5.41, 5.74) is -0.370. The Kier molecular flexibility index (Phi) is 5.48. The van der Waals surface area contributed by atoms with E-state index >= 15 is 0 Å². The summed E-state index contributed by atoms with van der Waals surface area (Å²) in [6.07, 6.45) is 0.493. The molecule has 130 valence electrons. The zero-order chi connectivity index (χ0) is 18.1. The van der Waals surface area contributed by atoms with Crippen LogP contribution in [-0.2, 0) is 19.1 Å². The smallest absolute Gasteiger partial charge is 0.321 e. The van der Waals surface area contributed by atoms with E-state index in [2.05, 4.69) is 15.9 Å². The number of ether oxygens (including phenoxy) is 2. The van der Waals surface area contributed by atoms with Crippen molar-refractivity contribution in [3.63, 3.8) is 0 Å². The number of hydrogen-bond donors (Lipinski definition) is 0. The predicted molar refractivity (Wildman–Crippen MR) is 91.4 cm³/mol. The lowest BCUT2D eigenvalue weighted by molar-refractivity contribution is -0.156. The largest absolute Gasteiger partial charge is 0.468 e. The molecule has 1 aliphatic heterocycles. The summed E-state index contributed by atoms with van der Waals surface area (Å²) in [5, 5.41) is 0. The average molecular weight is 397 g/mol. The molecule has 0 amide bonds. The van der Waals surface area contributed by atoms with Gasteiger partial charge in [-0.25, -0.2) is 0 Å². The van der Waals surface area contributed by atoms with Crippen molar-refractivity contribution in [2.24, 2.45) is 17.8 Å². The maximum absolute atomic E-state index is 13.0. The van der Waals surface area contributed by atoms with Crippen LogP contribution in [0.15, 0.2) is 28.7 Å². The van der Waals surface area contributed by atoms with Gasteiger partial charge in [-0.3, -0.25) is 14.4 Å². The first-order valence-corrected chi connectivity index (χ1v) is 8.62. The molecule has 0 bridgehead atoms. The maximum atomic E-state index is 13.0. The van der Waals surface area contributed by atoms with Gasteiger partial charge < -0.3 is 9.47 Å². The van der Waals surface area contributed by atoms with E-state index < -0.39 is 35.3 Å². The zero-order valence-corrected chi connectivity index (χ0v) is 15.8. The molecule has 1 aromatic carbocycles. The lowest BCUT2D eigenvalue weighted by Gasteiger charge is -2.32. The molecular weight excluding hydrogens is 376 g/mol. The van der Waals surface area contributed by atoms with Crippen molar-refractivity contribution in [2.75, 3.05) is 7.11 Å². The third kappa shape index (κ3) is 3.38. The SMILES string of the molecule is CC[C@H](C(=O)c1ccc(Br)cc1)[C@@H]1[C@H](C(=O)OC)C(=O)OC1(C)C. The fourth-order valence-corrected chi connectivity index (χ4v) is 3.72. The third-order valence-corrected chi connectivity index (χ3v) is 5.10. The third-order valence-electron chi connectivity index (χ3n) is 4.57. The number of carbonyl (C=O) groups excluding carboxylic acids is 3. The molecule has 3 atom stereocenters. The first-order chi connectivity index (χ1) is 11.2.